The van der Waals surface area contributed by atoms with Crippen LogP contribution in [0.15, 0.2) is 97.1 Å². The van der Waals surface area contributed by atoms with Crippen molar-refractivity contribution >= 4 is 16.7 Å². The van der Waals surface area contributed by atoms with Gasteiger partial charge in [0.15, 0.2) is 0 Å². The van der Waals surface area contributed by atoms with Crippen LogP contribution in [0.3, 0.4) is 0 Å². The van der Waals surface area contributed by atoms with Crippen LogP contribution in [0, 0.1) is 0 Å². The second-order valence-corrected chi connectivity index (χ2v) is 7.38. The number of carbonyl (C=O) groups excluding carboxylic acids is 1. The molecule has 1 aliphatic heterocycles. The zero-order chi connectivity index (χ0) is 18.9. The molecule has 1 amide bonds. The number of amides is 1. The normalized spacial score (nSPS) is 18.5. The Morgan fingerprint density at radius 3 is 2.18 bits per heavy atom. The Kier molecular flexibility index (Phi) is 4.17. The van der Waals surface area contributed by atoms with Crippen molar-refractivity contribution in [2.45, 2.75) is 18.4 Å². The van der Waals surface area contributed by atoms with Crippen molar-refractivity contribution in [3.63, 3.8) is 0 Å². The molecule has 136 valence electrons. The molecule has 2 atom stereocenters. The van der Waals surface area contributed by atoms with Gasteiger partial charge in [-0.1, -0.05) is 97.1 Å². The zero-order valence-electron chi connectivity index (χ0n) is 15.5. The predicted molar refractivity (Wildman–Crippen MR) is 113 cm³/mol. The van der Waals surface area contributed by atoms with Gasteiger partial charge in [0.2, 0.25) is 5.91 Å². The number of nitrogens with one attached hydrogen (secondary N) is 1. The largest absolute Gasteiger partial charge is 0.345 e. The lowest BCUT2D eigenvalue weighted by molar-refractivity contribution is -0.123. The summed E-state index contributed by atoms with van der Waals surface area (Å²) < 4.78 is 0. The van der Waals surface area contributed by atoms with Crippen LogP contribution in [0.4, 0.5) is 0 Å². The van der Waals surface area contributed by atoms with Crippen molar-refractivity contribution in [2.24, 2.45) is 0 Å². The van der Waals surface area contributed by atoms with Gasteiger partial charge in [0.05, 0.1) is 12.0 Å². The Morgan fingerprint density at radius 2 is 1.39 bits per heavy atom. The van der Waals surface area contributed by atoms with E-state index in [4.69, 9.17) is 0 Å². The predicted octanol–water partition coefficient (Wildman–Crippen LogP) is 5.39. The first-order valence-corrected chi connectivity index (χ1v) is 9.72. The summed E-state index contributed by atoms with van der Waals surface area (Å²) in [6.45, 7) is 0. The number of rotatable bonds is 3. The first kappa shape index (κ1) is 16.8. The van der Waals surface area contributed by atoms with Gasteiger partial charge in [-0.2, -0.15) is 0 Å². The summed E-state index contributed by atoms with van der Waals surface area (Å²) in [7, 11) is 0. The lowest BCUT2D eigenvalue weighted by atomic mass is 9.78. The first-order chi connectivity index (χ1) is 13.8. The third-order valence-corrected chi connectivity index (χ3v) is 5.69. The second kappa shape index (κ2) is 6.97. The van der Waals surface area contributed by atoms with Gasteiger partial charge < -0.3 is 5.32 Å². The molecule has 1 N–H and O–H groups in total. The smallest absolute Gasteiger partial charge is 0.228 e. The van der Waals surface area contributed by atoms with Crippen molar-refractivity contribution in [2.75, 3.05) is 0 Å². The molecule has 4 aromatic carbocycles. The summed E-state index contributed by atoms with van der Waals surface area (Å²) in [5.41, 5.74) is 4.66. The van der Waals surface area contributed by atoms with Gasteiger partial charge in [0, 0.05) is 0 Å². The number of fused-ring (bicyclic) bond motifs is 3. The van der Waals surface area contributed by atoms with E-state index >= 15 is 0 Å². The Morgan fingerprint density at radius 1 is 0.714 bits per heavy atom. The van der Waals surface area contributed by atoms with Gasteiger partial charge in [-0.15, -0.1) is 0 Å². The van der Waals surface area contributed by atoms with Crippen LogP contribution in [0.25, 0.3) is 10.8 Å². The van der Waals surface area contributed by atoms with E-state index in [1.807, 2.05) is 36.4 Å². The van der Waals surface area contributed by atoms with Gasteiger partial charge in [0.1, 0.15) is 0 Å². The number of benzene rings is 4. The summed E-state index contributed by atoms with van der Waals surface area (Å²) >= 11 is 0. The maximum absolute atomic E-state index is 13.2. The van der Waals surface area contributed by atoms with Gasteiger partial charge >= 0.3 is 0 Å². The summed E-state index contributed by atoms with van der Waals surface area (Å²) in [5.74, 6) is -0.0811. The quantitative estimate of drug-likeness (QED) is 0.520. The van der Waals surface area contributed by atoms with Gasteiger partial charge in [-0.25, -0.2) is 0 Å². The minimum atomic E-state index is -0.179. The van der Waals surface area contributed by atoms with E-state index in [2.05, 4.69) is 66.0 Å². The molecular formula is C26H21NO. The molecular weight excluding hydrogens is 342 g/mol. The third kappa shape index (κ3) is 2.87. The molecule has 0 saturated heterocycles. The van der Waals surface area contributed by atoms with Gasteiger partial charge in [-0.05, 0) is 39.4 Å². The molecule has 2 unspecified atom stereocenters. The van der Waals surface area contributed by atoms with E-state index in [-0.39, 0.29) is 17.9 Å². The van der Waals surface area contributed by atoms with Gasteiger partial charge in [0.25, 0.3) is 0 Å². The molecule has 0 aliphatic carbocycles. The summed E-state index contributed by atoms with van der Waals surface area (Å²) in [5, 5.41) is 5.73. The van der Waals surface area contributed by atoms with E-state index in [0.29, 0.717) is 6.42 Å². The zero-order valence-corrected chi connectivity index (χ0v) is 15.5. The molecule has 0 radical (unpaired) electrons. The molecule has 0 aromatic heterocycles. The van der Waals surface area contributed by atoms with E-state index in [9.17, 15) is 4.79 Å². The Balaban J connectivity index is 1.70. The van der Waals surface area contributed by atoms with E-state index in [1.54, 1.807) is 0 Å². The maximum atomic E-state index is 13.2. The van der Waals surface area contributed by atoms with Crippen LogP contribution >= 0.6 is 0 Å². The SMILES string of the molecule is O=C1NC(c2ccccc2)c2c(ccc3ccccc23)C1Cc1ccccc1. The molecule has 5 rings (SSSR count). The Labute approximate surface area is 164 Å². The first-order valence-electron chi connectivity index (χ1n) is 9.72. The average Bonchev–Trinajstić information content (AvgIpc) is 2.76. The monoisotopic (exact) mass is 363 g/mol. The number of carbonyl (C=O) groups is 1. The highest BCUT2D eigenvalue weighted by atomic mass is 16.2. The Hall–Kier alpha value is -3.39. The highest BCUT2D eigenvalue weighted by Gasteiger charge is 2.35. The molecule has 0 saturated carbocycles. The third-order valence-electron chi connectivity index (χ3n) is 5.69. The van der Waals surface area contributed by atoms with Crippen molar-refractivity contribution in [3.8, 4) is 0 Å². The molecule has 0 bridgehead atoms. The van der Waals surface area contributed by atoms with Crippen LogP contribution in [-0.4, -0.2) is 5.91 Å². The van der Waals surface area contributed by atoms with Crippen LogP contribution in [0.5, 0.6) is 0 Å². The standard InChI is InChI=1S/C26H21NO/c28-26-23(17-18-9-3-1-4-10-18)22-16-15-19-11-7-8-14-21(19)24(22)25(27-26)20-12-5-2-6-13-20/h1-16,23,25H,17H2,(H,27,28). The highest BCUT2D eigenvalue weighted by molar-refractivity contribution is 5.94. The Bertz CT molecular complexity index is 1130. The lowest BCUT2D eigenvalue weighted by Gasteiger charge is -2.33. The van der Waals surface area contributed by atoms with Crippen LogP contribution < -0.4 is 5.32 Å². The fourth-order valence-electron chi connectivity index (χ4n) is 4.34. The van der Waals surface area contributed by atoms with E-state index in [0.717, 1.165) is 11.1 Å². The highest BCUT2D eigenvalue weighted by Crippen LogP contribution is 2.40. The summed E-state index contributed by atoms with van der Waals surface area (Å²) in [6, 6.07) is 33.1. The number of hydrogen-bond acceptors (Lipinski definition) is 1. The summed E-state index contributed by atoms with van der Waals surface area (Å²) in [6.07, 6.45) is 0.708. The number of hydrogen-bond donors (Lipinski definition) is 1. The average molecular weight is 363 g/mol. The molecule has 4 aromatic rings. The van der Waals surface area contributed by atoms with Crippen molar-refractivity contribution < 1.29 is 4.79 Å². The molecule has 0 spiro atoms. The molecule has 1 heterocycles. The minimum absolute atomic E-state index is 0.0977. The minimum Gasteiger partial charge on any atom is -0.345 e. The molecule has 2 nitrogen and oxygen atoms in total. The topological polar surface area (TPSA) is 29.1 Å². The van der Waals surface area contributed by atoms with Crippen LogP contribution in [0.1, 0.15) is 34.2 Å². The molecule has 1 aliphatic rings. The van der Waals surface area contributed by atoms with Crippen LogP contribution in [-0.2, 0) is 11.2 Å². The maximum Gasteiger partial charge on any atom is 0.228 e. The van der Waals surface area contributed by atoms with Crippen molar-refractivity contribution in [1.82, 2.24) is 5.32 Å². The molecule has 2 heteroatoms. The molecule has 28 heavy (non-hydrogen) atoms. The van der Waals surface area contributed by atoms with Crippen molar-refractivity contribution in [1.29, 1.82) is 0 Å². The van der Waals surface area contributed by atoms with E-state index < -0.39 is 0 Å². The molecule has 0 fully saturated rings. The lowest BCUT2D eigenvalue weighted by Crippen LogP contribution is -2.40. The van der Waals surface area contributed by atoms with Crippen LogP contribution in [0.2, 0.25) is 0 Å². The fraction of sp³-hybridized carbons (Fsp3) is 0.115. The van der Waals surface area contributed by atoms with Gasteiger partial charge in [-0.3, -0.25) is 4.79 Å². The summed E-state index contributed by atoms with van der Waals surface area (Å²) in [4.78, 5) is 13.2. The second-order valence-electron chi connectivity index (χ2n) is 7.38. The fourth-order valence-corrected chi connectivity index (χ4v) is 4.34. The van der Waals surface area contributed by atoms with Crippen molar-refractivity contribution in [3.05, 3.63) is 119 Å². The van der Waals surface area contributed by atoms with E-state index in [1.165, 1.54) is 21.9 Å².